The number of likely N-dealkylation sites (tertiary alicyclic amines) is 1. The second kappa shape index (κ2) is 11.7. The number of rotatable bonds is 5. The Kier molecular flexibility index (Phi) is 7.91. The standard InChI is InChI=1S/C30H29F2N5O3/c1-35(30(39)40-25-9-7-24(32)8-10-25)27-19-37(18-26(27)21-3-5-23(31)6-4-21)29(38)22-12-14-36(15-13-22)28-11-2-20(16-33)17-34-28/h2-11,17,22,26-27H,12-15,18-19H2,1H3/t26-,27?/m1/s1. The fraction of sp³-hybridized carbons (Fsp3) is 0.333. The third kappa shape index (κ3) is 5.88. The Balaban J connectivity index is 1.27. The predicted octanol–water partition coefficient (Wildman–Crippen LogP) is 4.57. The first-order chi connectivity index (χ1) is 19.3. The largest absolute Gasteiger partial charge is 0.415 e. The summed E-state index contributed by atoms with van der Waals surface area (Å²) in [7, 11) is 1.62. The lowest BCUT2D eigenvalue weighted by molar-refractivity contribution is -0.135. The summed E-state index contributed by atoms with van der Waals surface area (Å²) >= 11 is 0. The molecule has 0 saturated carbocycles. The highest BCUT2D eigenvalue weighted by atomic mass is 19.1. The van der Waals surface area contributed by atoms with E-state index in [0.29, 0.717) is 44.6 Å². The van der Waals surface area contributed by atoms with Gasteiger partial charge in [-0.25, -0.2) is 18.6 Å². The second-order valence-corrected chi connectivity index (χ2v) is 10.2. The number of ether oxygens (including phenoxy) is 1. The minimum atomic E-state index is -0.624. The maximum atomic E-state index is 13.7. The van der Waals surface area contributed by atoms with Crippen LogP contribution in [0.25, 0.3) is 0 Å². The van der Waals surface area contributed by atoms with Gasteiger partial charge >= 0.3 is 6.09 Å². The summed E-state index contributed by atoms with van der Waals surface area (Å²) in [6.07, 6.45) is 2.24. The van der Waals surface area contributed by atoms with Crippen LogP contribution in [0.1, 0.15) is 29.9 Å². The van der Waals surface area contributed by atoms with E-state index in [1.807, 2.05) is 6.07 Å². The molecule has 40 heavy (non-hydrogen) atoms. The van der Waals surface area contributed by atoms with Gasteiger partial charge in [0, 0.05) is 51.3 Å². The smallest absolute Gasteiger partial charge is 0.410 e. The number of aromatic nitrogens is 1. The second-order valence-electron chi connectivity index (χ2n) is 10.2. The SMILES string of the molecule is CN(C(=O)Oc1ccc(F)cc1)C1CN(C(=O)C2CCN(c3ccc(C#N)cn3)CC2)C[C@@H]1c1ccc(F)cc1. The van der Waals surface area contributed by atoms with Crippen LogP contribution in [0, 0.1) is 28.9 Å². The highest BCUT2D eigenvalue weighted by molar-refractivity contribution is 5.80. The van der Waals surface area contributed by atoms with Crippen LogP contribution < -0.4 is 9.64 Å². The number of hydrogen-bond donors (Lipinski definition) is 0. The lowest BCUT2D eigenvalue weighted by atomic mass is 9.93. The monoisotopic (exact) mass is 545 g/mol. The van der Waals surface area contributed by atoms with E-state index in [2.05, 4.69) is 16.0 Å². The van der Waals surface area contributed by atoms with Gasteiger partial charge in [0.25, 0.3) is 0 Å². The number of anilines is 1. The molecule has 2 aromatic carbocycles. The number of nitrogens with zero attached hydrogens (tertiary/aromatic N) is 5. The molecule has 2 aliphatic rings. The number of halogens is 2. The number of piperidine rings is 1. The van der Waals surface area contributed by atoms with Gasteiger partial charge in [0.1, 0.15) is 29.3 Å². The van der Waals surface area contributed by atoms with Gasteiger partial charge in [-0.3, -0.25) is 4.79 Å². The van der Waals surface area contributed by atoms with Gasteiger partial charge in [-0.2, -0.15) is 5.26 Å². The number of nitriles is 1. The molecule has 8 nitrogen and oxygen atoms in total. The summed E-state index contributed by atoms with van der Waals surface area (Å²) < 4.78 is 32.4. The Morgan fingerprint density at radius 1 is 0.975 bits per heavy atom. The average molecular weight is 546 g/mol. The molecule has 0 spiro atoms. The molecule has 2 saturated heterocycles. The summed E-state index contributed by atoms with van der Waals surface area (Å²) in [6.45, 7) is 2.03. The third-order valence-electron chi connectivity index (χ3n) is 7.75. The van der Waals surface area contributed by atoms with Crippen LogP contribution in [0.3, 0.4) is 0 Å². The Hall–Kier alpha value is -4.52. The van der Waals surface area contributed by atoms with Crippen LogP contribution in [0.15, 0.2) is 66.9 Å². The highest BCUT2D eigenvalue weighted by Crippen LogP contribution is 2.34. The Morgan fingerprint density at radius 3 is 2.23 bits per heavy atom. The Bertz CT molecular complexity index is 1380. The van der Waals surface area contributed by atoms with Crippen molar-refractivity contribution in [2.24, 2.45) is 5.92 Å². The first-order valence-corrected chi connectivity index (χ1v) is 13.2. The van der Waals surface area contributed by atoms with Gasteiger partial charge in [-0.05, 0) is 66.9 Å². The van der Waals surface area contributed by atoms with Crippen LogP contribution in [0.2, 0.25) is 0 Å². The summed E-state index contributed by atoms with van der Waals surface area (Å²) in [4.78, 5) is 36.4. The highest BCUT2D eigenvalue weighted by Gasteiger charge is 2.42. The van der Waals surface area contributed by atoms with Crippen LogP contribution in [0.4, 0.5) is 19.4 Å². The van der Waals surface area contributed by atoms with Crippen molar-refractivity contribution in [1.29, 1.82) is 5.26 Å². The molecule has 2 fully saturated rings. The molecule has 2 amide bonds. The quantitative estimate of drug-likeness (QED) is 0.467. The van der Waals surface area contributed by atoms with Gasteiger partial charge in [0.2, 0.25) is 5.91 Å². The third-order valence-corrected chi connectivity index (χ3v) is 7.75. The molecule has 3 aromatic rings. The molecule has 0 radical (unpaired) electrons. The van der Waals surface area contributed by atoms with E-state index < -0.39 is 18.0 Å². The molecule has 5 rings (SSSR count). The van der Waals surface area contributed by atoms with Gasteiger partial charge < -0.3 is 19.4 Å². The van der Waals surface area contributed by atoms with Crippen LogP contribution in [-0.4, -0.2) is 66.1 Å². The molecule has 1 aromatic heterocycles. The molecular weight excluding hydrogens is 516 g/mol. The molecule has 10 heteroatoms. The zero-order valence-electron chi connectivity index (χ0n) is 22.0. The summed E-state index contributed by atoms with van der Waals surface area (Å²) in [5.74, 6) is -0.179. The van der Waals surface area contributed by atoms with E-state index in [-0.39, 0.29) is 29.3 Å². The minimum absolute atomic E-state index is 0.0300. The van der Waals surface area contributed by atoms with Gasteiger partial charge in [0.15, 0.2) is 0 Å². The van der Waals surface area contributed by atoms with Crippen LogP contribution >= 0.6 is 0 Å². The minimum Gasteiger partial charge on any atom is -0.410 e. The average Bonchev–Trinajstić information content (AvgIpc) is 3.43. The molecule has 2 aliphatic heterocycles. The Morgan fingerprint density at radius 2 is 1.62 bits per heavy atom. The number of amides is 2. The molecular formula is C30H29F2N5O3. The maximum absolute atomic E-state index is 13.7. The summed E-state index contributed by atoms with van der Waals surface area (Å²) in [6, 6.07) is 16.5. The van der Waals surface area contributed by atoms with Crippen molar-refractivity contribution in [1.82, 2.24) is 14.8 Å². The molecule has 206 valence electrons. The molecule has 0 bridgehead atoms. The van der Waals surface area contributed by atoms with E-state index >= 15 is 0 Å². The van der Waals surface area contributed by atoms with Crippen molar-refractivity contribution in [3.05, 3.63) is 89.6 Å². The maximum Gasteiger partial charge on any atom is 0.415 e. The Labute approximate surface area is 231 Å². The molecule has 0 N–H and O–H groups in total. The number of benzene rings is 2. The van der Waals surface area contributed by atoms with Crippen molar-refractivity contribution >= 4 is 17.8 Å². The van der Waals surface area contributed by atoms with Crippen molar-refractivity contribution in [3.63, 3.8) is 0 Å². The van der Waals surface area contributed by atoms with Crippen LogP contribution in [0.5, 0.6) is 5.75 Å². The summed E-state index contributed by atoms with van der Waals surface area (Å²) in [5, 5.41) is 9.00. The van der Waals surface area contributed by atoms with Crippen molar-refractivity contribution < 1.29 is 23.1 Å². The first-order valence-electron chi connectivity index (χ1n) is 13.2. The van der Waals surface area contributed by atoms with Crippen LogP contribution in [-0.2, 0) is 4.79 Å². The number of carbonyl (C=O) groups is 2. The van der Waals surface area contributed by atoms with Crippen molar-refractivity contribution in [2.45, 2.75) is 24.8 Å². The molecule has 1 unspecified atom stereocenters. The number of carbonyl (C=O) groups excluding carboxylic acids is 2. The summed E-state index contributed by atoms with van der Waals surface area (Å²) in [5.41, 5.74) is 1.32. The topological polar surface area (TPSA) is 89.8 Å². The van der Waals surface area contributed by atoms with Crippen molar-refractivity contribution in [2.75, 3.05) is 38.1 Å². The number of pyridine rings is 1. The zero-order chi connectivity index (χ0) is 28.2. The lowest BCUT2D eigenvalue weighted by Crippen LogP contribution is -2.45. The fourth-order valence-corrected chi connectivity index (χ4v) is 5.46. The molecule has 2 atom stereocenters. The first kappa shape index (κ1) is 27.1. The van der Waals surface area contributed by atoms with Gasteiger partial charge in [-0.15, -0.1) is 0 Å². The normalized spacial score (nSPS) is 19.2. The van der Waals surface area contributed by atoms with E-state index in [9.17, 15) is 18.4 Å². The van der Waals surface area contributed by atoms with E-state index in [1.54, 1.807) is 36.3 Å². The number of likely N-dealkylation sites (N-methyl/N-ethyl adjacent to an activating group) is 1. The van der Waals surface area contributed by atoms with E-state index in [0.717, 1.165) is 11.4 Å². The zero-order valence-corrected chi connectivity index (χ0v) is 22.0. The van der Waals surface area contributed by atoms with E-state index in [4.69, 9.17) is 10.00 Å². The fourth-order valence-electron chi connectivity index (χ4n) is 5.46. The van der Waals surface area contributed by atoms with Gasteiger partial charge in [-0.1, -0.05) is 12.1 Å². The predicted molar refractivity (Wildman–Crippen MR) is 144 cm³/mol. The van der Waals surface area contributed by atoms with Gasteiger partial charge in [0.05, 0.1) is 11.6 Å². The van der Waals surface area contributed by atoms with Crippen molar-refractivity contribution in [3.8, 4) is 11.8 Å². The van der Waals surface area contributed by atoms with E-state index in [1.165, 1.54) is 41.3 Å². The number of hydrogen-bond acceptors (Lipinski definition) is 6. The molecule has 3 heterocycles. The lowest BCUT2D eigenvalue weighted by Gasteiger charge is -2.34. The molecule has 0 aliphatic carbocycles.